The Bertz CT molecular complexity index is 1100. The lowest BCUT2D eigenvalue weighted by Crippen LogP contribution is -2.33. The predicted molar refractivity (Wildman–Crippen MR) is 102 cm³/mol. The van der Waals surface area contributed by atoms with Crippen molar-refractivity contribution < 1.29 is 27.9 Å². The first-order valence-electron chi connectivity index (χ1n) is 8.10. The quantitative estimate of drug-likeness (QED) is 0.721. The van der Waals surface area contributed by atoms with Gasteiger partial charge in [0, 0.05) is 11.1 Å². The highest BCUT2D eigenvalue weighted by atomic mass is 35.5. The molecule has 0 spiro atoms. The third-order valence-electron chi connectivity index (χ3n) is 4.21. The Labute approximate surface area is 171 Å². The van der Waals surface area contributed by atoms with Crippen molar-refractivity contribution in [3.63, 3.8) is 0 Å². The fourth-order valence-electron chi connectivity index (χ4n) is 2.84. The number of hydrogen-bond donors (Lipinski definition) is 1. The Morgan fingerprint density at radius 2 is 1.89 bits per heavy atom. The Morgan fingerprint density at radius 3 is 2.50 bits per heavy atom. The van der Waals surface area contributed by atoms with Gasteiger partial charge in [-0.3, -0.25) is 4.79 Å². The van der Waals surface area contributed by atoms with Gasteiger partial charge in [0.05, 0.1) is 16.1 Å². The Kier molecular flexibility index (Phi) is 5.31. The van der Waals surface area contributed by atoms with E-state index in [0.717, 1.165) is 6.07 Å². The number of ether oxygens (including phenoxy) is 1. The summed E-state index contributed by atoms with van der Waals surface area (Å²) < 4.78 is 30.9. The van der Waals surface area contributed by atoms with Gasteiger partial charge in [0.1, 0.15) is 10.6 Å². The van der Waals surface area contributed by atoms with Crippen LogP contribution in [0.2, 0.25) is 10.0 Å². The summed E-state index contributed by atoms with van der Waals surface area (Å²) >= 11 is 11.7. The number of aromatic hydroxyl groups is 1. The van der Waals surface area contributed by atoms with E-state index in [4.69, 9.17) is 27.9 Å². The Hall–Kier alpha value is -2.29. The number of benzene rings is 2. The zero-order valence-corrected chi connectivity index (χ0v) is 17.1. The van der Waals surface area contributed by atoms with Crippen molar-refractivity contribution in [2.45, 2.75) is 24.7 Å². The number of halogens is 2. The van der Waals surface area contributed by atoms with Crippen LogP contribution in [0.3, 0.4) is 0 Å². The van der Waals surface area contributed by atoms with Crippen molar-refractivity contribution in [3.05, 3.63) is 57.1 Å². The molecule has 2 aromatic carbocycles. The number of carbonyl (C=O) groups excluding carboxylic acids is 2. The monoisotopic (exact) mass is 443 g/mol. The molecule has 1 heterocycles. The molecule has 0 radical (unpaired) electrons. The number of hydrogen-bond acceptors (Lipinski definition) is 6. The van der Waals surface area contributed by atoms with Crippen LogP contribution in [0.1, 0.15) is 46.0 Å². The maximum Gasteiger partial charge on any atom is 0.341 e. The normalized spacial score (nSPS) is 15.0. The molecule has 148 valence electrons. The molecule has 0 aliphatic carbocycles. The zero-order chi connectivity index (χ0) is 20.8. The fraction of sp³-hybridized carbons (Fsp3) is 0.222. The average Bonchev–Trinajstić information content (AvgIpc) is 2.78. The van der Waals surface area contributed by atoms with Crippen LogP contribution in [-0.2, 0) is 14.8 Å². The summed E-state index contributed by atoms with van der Waals surface area (Å²) in [7, 11) is -4.28. The van der Waals surface area contributed by atoms with E-state index >= 15 is 0 Å². The van der Waals surface area contributed by atoms with Gasteiger partial charge in [-0.2, -0.15) is 4.31 Å². The Morgan fingerprint density at radius 1 is 1.21 bits per heavy atom. The molecular weight excluding hydrogens is 429 g/mol. The summed E-state index contributed by atoms with van der Waals surface area (Å²) in [6.07, 6.45) is 0. The first kappa shape index (κ1) is 20.4. The number of sulfonamides is 1. The summed E-state index contributed by atoms with van der Waals surface area (Å²) in [5.74, 6) is -2.22. The lowest BCUT2D eigenvalue weighted by atomic mass is 9.96. The number of phenolic OH excluding ortho intramolecular Hbond substituents is 1. The van der Waals surface area contributed by atoms with Gasteiger partial charge < -0.3 is 9.84 Å². The highest BCUT2D eigenvalue weighted by molar-refractivity contribution is 7.90. The van der Waals surface area contributed by atoms with E-state index in [1.165, 1.54) is 24.3 Å². The fourth-order valence-corrected chi connectivity index (χ4v) is 4.80. The second-order valence-electron chi connectivity index (χ2n) is 6.41. The molecule has 1 aliphatic rings. The molecule has 2 aromatic rings. The van der Waals surface area contributed by atoms with E-state index in [2.05, 4.69) is 0 Å². The summed E-state index contributed by atoms with van der Waals surface area (Å²) in [5, 5.41) is 10.2. The Balaban J connectivity index is 1.91. The molecule has 0 saturated carbocycles. The van der Waals surface area contributed by atoms with E-state index in [1.54, 1.807) is 13.8 Å². The number of fused-ring (bicyclic) bond motifs is 1. The molecule has 0 atom stereocenters. The average molecular weight is 444 g/mol. The van der Waals surface area contributed by atoms with Crippen LogP contribution in [0.4, 0.5) is 0 Å². The molecule has 1 amide bonds. The van der Waals surface area contributed by atoms with E-state index < -0.39 is 28.6 Å². The summed E-state index contributed by atoms with van der Waals surface area (Å²) in [6.45, 7) is 2.70. The minimum absolute atomic E-state index is 0.0202. The molecule has 10 heteroatoms. The largest absolute Gasteiger partial charge is 0.508 e. The number of phenols is 1. The van der Waals surface area contributed by atoms with Gasteiger partial charge in [0.25, 0.3) is 15.9 Å². The SMILES string of the molecule is CC(C)c1cc(O)cc2c1C(=O)N(COC(=O)c1ccc(Cl)cc1Cl)S2(=O)=O. The molecule has 0 bridgehead atoms. The first-order chi connectivity index (χ1) is 13.0. The minimum Gasteiger partial charge on any atom is -0.508 e. The van der Waals surface area contributed by atoms with Gasteiger partial charge in [-0.1, -0.05) is 37.0 Å². The number of nitrogens with zero attached hydrogens (tertiary/aromatic N) is 1. The summed E-state index contributed by atoms with van der Waals surface area (Å²) in [4.78, 5) is 24.7. The maximum absolute atomic E-state index is 12.7. The van der Waals surface area contributed by atoms with E-state index in [1.807, 2.05) is 0 Å². The third-order valence-corrected chi connectivity index (χ3v) is 6.49. The molecular formula is C18H15Cl2NO6S. The highest BCUT2D eigenvalue weighted by Gasteiger charge is 2.44. The summed E-state index contributed by atoms with van der Waals surface area (Å²) in [5.41, 5.74) is 0.333. The van der Waals surface area contributed by atoms with Crippen molar-refractivity contribution in [3.8, 4) is 5.75 Å². The van der Waals surface area contributed by atoms with Gasteiger partial charge in [-0.05, 0) is 35.7 Å². The van der Waals surface area contributed by atoms with Crippen LogP contribution in [0, 0.1) is 0 Å². The van der Waals surface area contributed by atoms with Crippen LogP contribution in [0.25, 0.3) is 0 Å². The maximum atomic E-state index is 12.7. The van der Waals surface area contributed by atoms with Crippen LogP contribution in [0.15, 0.2) is 35.2 Å². The van der Waals surface area contributed by atoms with Gasteiger partial charge in [-0.15, -0.1) is 0 Å². The van der Waals surface area contributed by atoms with Crippen molar-refractivity contribution in [1.29, 1.82) is 0 Å². The standard InChI is InChI=1S/C18H15Cl2NO6S/c1-9(2)13-6-11(22)7-15-16(13)17(23)21(28(15,25)26)8-27-18(24)12-4-3-10(19)5-14(12)20/h3-7,9,22H,8H2,1-2H3. The number of amides is 1. The second-order valence-corrected chi connectivity index (χ2v) is 9.08. The lowest BCUT2D eigenvalue weighted by Gasteiger charge is -2.15. The van der Waals surface area contributed by atoms with Crippen molar-refractivity contribution in [2.75, 3.05) is 6.73 Å². The van der Waals surface area contributed by atoms with Crippen molar-refractivity contribution in [1.82, 2.24) is 4.31 Å². The molecule has 28 heavy (non-hydrogen) atoms. The highest BCUT2D eigenvalue weighted by Crippen LogP contribution is 2.38. The van der Waals surface area contributed by atoms with Crippen LogP contribution in [-0.4, -0.2) is 36.4 Å². The minimum atomic E-state index is -4.28. The molecule has 0 aromatic heterocycles. The third kappa shape index (κ3) is 3.43. The first-order valence-corrected chi connectivity index (χ1v) is 10.3. The lowest BCUT2D eigenvalue weighted by molar-refractivity contribution is 0.0358. The van der Waals surface area contributed by atoms with E-state index in [0.29, 0.717) is 14.9 Å². The molecule has 3 rings (SSSR count). The number of rotatable bonds is 4. The number of esters is 1. The molecule has 0 unspecified atom stereocenters. The molecule has 1 aliphatic heterocycles. The van der Waals surface area contributed by atoms with Gasteiger partial charge in [0.15, 0.2) is 6.73 Å². The predicted octanol–water partition coefficient (Wildman–Crippen LogP) is 3.78. The molecule has 0 fully saturated rings. The zero-order valence-electron chi connectivity index (χ0n) is 14.8. The summed E-state index contributed by atoms with van der Waals surface area (Å²) in [6, 6.07) is 6.45. The van der Waals surface area contributed by atoms with Gasteiger partial charge in [-0.25, -0.2) is 13.2 Å². The van der Waals surface area contributed by atoms with Gasteiger partial charge >= 0.3 is 5.97 Å². The smallest absolute Gasteiger partial charge is 0.341 e. The van der Waals surface area contributed by atoms with Crippen LogP contribution in [0.5, 0.6) is 5.75 Å². The van der Waals surface area contributed by atoms with E-state index in [-0.39, 0.29) is 32.7 Å². The second kappa shape index (κ2) is 7.27. The number of carbonyl (C=O) groups is 2. The topological polar surface area (TPSA) is 101 Å². The van der Waals surface area contributed by atoms with Gasteiger partial charge in [0.2, 0.25) is 0 Å². The van der Waals surface area contributed by atoms with Crippen LogP contribution < -0.4 is 0 Å². The molecule has 1 N–H and O–H groups in total. The molecule has 0 saturated heterocycles. The molecule has 7 nitrogen and oxygen atoms in total. The van der Waals surface area contributed by atoms with Crippen LogP contribution >= 0.6 is 23.2 Å². The van der Waals surface area contributed by atoms with Crippen molar-refractivity contribution in [2.24, 2.45) is 0 Å². The van der Waals surface area contributed by atoms with Crippen molar-refractivity contribution >= 4 is 45.1 Å². The van der Waals surface area contributed by atoms with E-state index in [9.17, 15) is 23.1 Å².